The molecule has 0 atom stereocenters. The van der Waals surface area contributed by atoms with Gasteiger partial charge in [-0.05, 0) is 56.5 Å². The average Bonchev–Trinajstić information content (AvgIpc) is 3.21. The lowest BCUT2D eigenvalue weighted by atomic mass is 10.0. The fourth-order valence-electron chi connectivity index (χ4n) is 2.82. The monoisotopic (exact) mass is 308 g/mol. The van der Waals surface area contributed by atoms with Crippen molar-refractivity contribution in [2.45, 2.75) is 44.3 Å². The first-order valence-electron chi connectivity index (χ1n) is 7.03. The van der Waals surface area contributed by atoms with Crippen molar-refractivity contribution in [3.63, 3.8) is 0 Å². The minimum absolute atomic E-state index is 0.707. The van der Waals surface area contributed by atoms with Crippen LogP contribution in [0, 0.1) is 0 Å². The second-order valence-electron chi connectivity index (χ2n) is 5.55. The van der Waals surface area contributed by atoms with Crippen molar-refractivity contribution in [3.8, 4) is 0 Å². The molecule has 1 aliphatic carbocycles. The molecule has 0 spiro atoms. The maximum absolute atomic E-state index is 3.70. The Bertz CT molecular complexity index is 395. The summed E-state index contributed by atoms with van der Waals surface area (Å²) in [4.78, 5) is 2.68. The summed E-state index contributed by atoms with van der Waals surface area (Å²) in [6.07, 6.45) is 5.50. The van der Waals surface area contributed by atoms with Crippen LogP contribution in [0.3, 0.4) is 0 Å². The summed E-state index contributed by atoms with van der Waals surface area (Å²) >= 11 is 3.52. The quantitative estimate of drug-likeness (QED) is 0.919. The predicted octanol–water partition coefficient (Wildman–Crippen LogP) is 3.17. The van der Waals surface area contributed by atoms with Gasteiger partial charge >= 0.3 is 0 Å². The van der Waals surface area contributed by atoms with Gasteiger partial charge in [0.1, 0.15) is 0 Å². The van der Waals surface area contributed by atoms with Crippen molar-refractivity contribution in [1.29, 1.82) is 0 Å². The first-order valence-corrected chi connectivity index (χ1v) is 7.82. The second-order valence-corrected chi connectivity index (χ2v) is 6.47. The third-order valence-electron chi connectivity index (χ3n) is 4.08. The molecule has 18 heavy (non-hydrogen) atoms. The van der Waals surface area contributed by atoms with E-state index in [0.29, 0.717) is 6.04 Å². The molecular formula is C15H21BrN2. The second kappa shape index (κ2) is 5.72. The third kappa shape index (κ3) is 3.34. The Hall–Kier alpha value is -0.380. The number of benzene rings is 1. The van der Waals surface area contributed by atoms with Crippen LogP contribution in [0.15, 0.2) is 28.7 Å². The number of rotatable bonds is 4. The average molecular weight is 309 g/mol. The molecule has 0 amide bonds. The highest BCUT2D eigenvalue weighted by Gasteiger charge is 2.31. The largest absolute Gasteiger partial charge is 0.310 e. The van der Waals surface area contributed by atoms with E-state index in [1.54, 1.807) is 0 Å². The third-order valence-corrected chi connectivity index (χ3v) is 4.57. The smallest absolute Gasteiger partial charge is 0.0208 e. The van der Waals surface area contributed by atoms with E-state index in [1.807, 2.05) is 0 Å². The molecule has 0 radical (unpaired) electrons. The molecule has 2 fully saturated rings. The molecule has 98 valence electrons. The van der Waals surface area contributed by atoms with Crippen LogP contribution in [0.5, 0.6) is 0 Å². The minimum Gasteiger partial charge on any atom is -0.310 e. The summed E-state index contributed by atoms with van der Waals surface area (Å²) in [5.41, 5.74) is 1.37. The lowest BCUT2D eigenvalue weighted by Gasteiger charge is -2.32. The Morgan fingerprint density at radius 2 is 1.94 bits per heavy atom. The van der Waals surface area contributed by atoms with Gasteiger partial charge in [-0.1, -0.05) is 28.1 Å². The zero-order chi connectivity index (χ0) is 12.4. The minimum atomic E-state index is 0.707. The molecule has 1 saturated carbocycles. The molecule has 3 rings (SSSR count). The van der Waals surface area contributed by atoms with Gasteiger partial charge in [-0.3, -0.25) is 0 Å². The molecule has 0 aromatic heterocycles. The summed E-state index contributed by atoms with van der Waals surface area (Å²) in [5.74, 6) is 0. The molecule has 3 heteroatoms. The summed E-state index contributed by atoms with van der Waals surface area (Å²) in [7, 11) is 0. The van der Waals surface area contributed by atoms with Crippen LogP contribution in [0.2, 0.25) is 0 Å². The molecule has 1 N–H and O–H groups in total. The summed E-state index contributed by atoms with van der Waals surface area (Å²) in [6.45, 7) is 3.58. The van der Waals surface area contributed by atoms with Gasteiger partial charge in [0.05, 0.1) is 0 Å². The van der Waals surface area contributed by atoms with Gasteiger partial charge in [0.25, 0.3) is 0 Å². The van der Waals surface area contributed by atoms with Crippen LogP contribution in [0.4, 0.5) is 0 Å². The van der Waals surface area contributed by atoms with E-state index in [-0.39, 0.29) is 0 Å². The van der Waals surface area contributed by atoms with E-state index in [4.69, 9.17) is 0 Å². The van der Waals surface area contributed by atoms with Crippen LogP contribution < -0.4 is 5.32 Å². The molecule has 1 aliphatic heterocycles. The van der Waals surface area contributed by atoms with Crippen molar-refractivity contribution in [2.24, 2.45) is 0 Å². The molecule has 1 saturated heterocycles. The highest BCUT2D eigenvalue weighted by atomic mass is 79.9. The predicted molar refractivity (Wildman–Crippen MR) is 78.6 cm³/mol. The Balaban J connectivity index is 1.43. The van der Waals surface area contributed by atoms with Crippen molar-refractivity contribution in [3.05, 3.63) is 34.3 Å². The standard InChI is InChI=1S/C15H21BrN2/c16-13-3-1-2-12(10-13)11-17-14-6-8-18(9-7-14)15-4-5-15/h1-3,10,14-15,17H,4-9,11H2. The van der Waals surface area contributed by atoms with Crippen LogP contribution >= 0.6 is 15.9 Å². The Kier molecular flexibility index (Phi) is 4.02. The van der Waals surface area contributed by atoms with Gasteiger partial charge < -0.3 is 10.2 Å². The highest BCUT2D eigenvalue weighted by Crippen LogP contribution is 2.29. The SMILES string of the molecule is Brc1cccc(CNC2CCN(C3CC3)CC2)c1. The zero-order valence-electron chi connectivity index (χ0n) is 10.7. The number of piperidine rings is 1. The Morgan fingerprint density at radius 1 is 1.17 bits per heavy atom. The Morgan fingerprint density at radius 3 is 2.61 bits per heavy atom. The van der Waals surface area contributed by atoms with Gasteiger partial charge in [-0.15, -0.1) is 0 Å². The van der Waals surface area contributed by atoms with E-state index in [9.17, 15) is 0 Å². The fourth-order valence-corrected chi connectivity index (χ4v) is 3.26. The number of nitrogens with one attached hydrogen (secondary N) is 1. The number of likely N-dealkylation sites (tertiary alicyclic amines) is 1. The number of halogens is 1. The lowest BCUT2D eigenvalue weighted by molar-refractivity contribution is 0.189. The molecule has 1 aromatic carbocycles. The number of hydrogen-bond donors (Lipinski definition) is 1. The Labute approximate surface area is 118 Å². The molecule has 1 aromatic rings. The first-order chi connectivity index (χ1) is 8.81. The van der Waals surface area contributed by atoms with Crippen LogP contribution in [0.25, 0.3) is 0 Å². The van der Waals surface area contributed by atoms with Crippen LogP contribution in [-0.4, -0.2) is 30.1 Å². The van der Waals surface area contributed by atoms with Gasteiger partial charge in [-0.2, -0.15) is 0 Å². The lowest BCUT2D eigenvalue weighted by Crippen LogP contribution is -2.43. The van der Waals surface area contributed by atoms with Crippen molar-refractivity contribution >= 4 is 15.9 Å². The normalized spacial score (nSPS) is 22.3. The number of hydrogen-bond acceptors (Lipinski definition) is 2. The first kappa shape index (κ1) is 12.6. The van der Waals surface area contributed by atoms with Gasteiger partial charge in [0.15, 0.2) is 0 Å². The van der Waals surface area contributed by atoms with Crippen molar-refractivity contribution in [1.82, 2.24) is 10.2 Å². The van der Waals surface area contributed by atoms with E-state index in [1.165, 1.54) is 48.8 Å². The summed E-state index contributed by atoms with van der Waals surface area (Å²) < 4.78 is 1.17. The topological polar surface area (TPSA) is 15.3 Å². The fraction of sp³-hybridized carbons (Fsp3) is 0.600. The molecule has 0 bridgehead atoms. The molecule has 2 nitrogen and oxygen atoms in total. The van der Waals surface area contributed by atoms with E-state index in [0.717, 1.165) is 12.6 Å². The van der Waals surface area contributed by atoms with Crippen LogP contribution in [0.1, 0.15) is 31.2 Å². The van der Waals surface area contributed by atoms with Gasteiger partial charge in [0.2, 0.25) is 0 Å². The highest BCUT2D eigenvalue weighted by molar-refractivity contribution is 9.10. The molecule has 0 unspecified atom stereocenters. The van der Waals surface area contributed by atoms with Crippen LogP contribution in [-0.2, 0) is 6.54 Å². The molecule has 2 aliphatic rings. The molecule has 1 heterocycles. The van der Waals surface area contributed by atoms with E-state index >= 15 is 0 Å². The van der Waals surface area contributed by atoms with Gasteiger partial charge in [0, 0.05) is 23.1 Å². The zero-order valence-corrected chi connectivity index (χ0v) is 12.3. The van der Waals surface area contributed by atoms with E-state index < -0.39 is 0 Å². The van der Waals surface area contributed by atoms with Crippen molar-refractivity contribution < 1.29 is 0 Å². The van der Waals surface area contributed by atoms with E-state index in [2.05, 4.69) is 50.4 Å². The maximum Gasteiger partial charge on any atom is 0.0208 e. The van der Waals surface area contributed by atoms with Gasteiger partial charge in [-0.25, -0.2) is 0 Å². The number of nitrogens with zero attached hydrogens (tertiary/aromatic N) is 1. The summed E-state index contributed by atoms with van der Waals surface area (Å²) in [6, 6.07) is 10.2. The van der Waals surface area contributed by atoms with Crippen molar-refractivity contribution in [2.75, 3.05) is 13.1 Å². The molecular weight excluding hydrogens is 288 g/mol. The summed E-state index contributed by atoms with van der Waals surface area (Å²) in [5, 5.41) is 3.70. The maximum atomic E-state index is 3.70.